The summed E-state index contributed by atoms with van der Waals surface area (Å²) in [4.78, 5) is 11.3. The van der Waals surface area contributed by atoms with Crippen molar-refractivity contribution in [3.8, 4) is 22.6 Å². The van der Waals surface area contributed by atoms with Crippen molar-refractivity contribution in [2.24, 2.45) is 5.92 Å². The Morgan fingerprint density at radius 2 is 1.67 bits per heavy atom. The second-order valence-electron chi connectivity index (χ2n) is 7.33. The number of sulfonamides is 1. The Hall–Kier alpha value is -2.97. The second kappa shape index (κ2) is 8.81. The summed E-state index contributed by atoms with van der Waals surface area (Å²) < 4.78 is 32.7. The van der Waals surface area contributed by atoms with E-state index < -0.39 is 28.0 Å². The van der Waals surface area contributed by atoms with Crippen LogP contribution in [-0.2, 0) is 21.2 Å². The van der Waals surface area contributed by atoms with Crippen LogP contribution < -0.4 is 4.72 Å². The van der Waals surface area contributed by atoms with Gasteiger partial charge in [-0.3, -0.25) is 4.79 Å². The maximum Gasteiger partial charge on any atom is 0.322 e. The number of nitrogens with zero attached hydrogens (tertiary/aromatic N) is 1. The minimum Gasteiger partial charge on any atom is -0.480 e. The van der Waals surface area contributed by atoms with Crippen LogP contribution in [-0.4, -0.2) is 30.7 Å². The molecule has 0 amide bonds. The number of hydrogen-bond acceptors (Lipinski definition) is 5. The molecule has 3 rings (SSSR count). The van der Waals surface area contributed by atoms with Crippen molar-refractivity contribution in [2.45, 2.75) is 38.1 Å². The zero-order valence-electron chi connectivity index (χ0n) is 17.0. The van der Waals surface area contributed by atoms with Gasteiger partial charge in [-0.1, -0.05) is 62.3 Å². The lowest BCUT2D eigenvalue weighted by molar-refractivity contribution is -0.140. The third kappa shape index (κ3) is 4.77. The topological polar surface area (TPSA) is 110 Å². The van der Waals surface area contributed by atoms with Gasteiger partial charge in [-0.2, -0.15) is 4.72 Å². The van der Waals surface area contributed by atoms with Gasteiger partial charge in [0.1, 0.15) is 11.7 Å². The minimum absolute atomic E-state index is 0.0166. The molecule has 1 aromatic heterocycles. The van der Waals surface area contributed by atoms with E-state index in [0.717, 1.165) is 12.0 Å². The van der Waals surface area contributed by atoms with Crippen LogP contribution in [0.4, 0.5) is 0 Å². The first kappa shape index (κ1) is 21.7. The lowest BCUT2D eigenvalue weighted by Crippen LogP contribution is -2.44. The molecule has 1 atom stereocenters. The molecule has 3 aromatic rings. The molecule has 0 radical (unpaired) electrons. The van der Waals surface area contributed by atoms with E-state index in [0.29, 0.717) is 17.0 Å². The molecule has 0 saturated carbocycles. The van der Waals surface area contributed by atoms with Gasteiger partial charge in [0, 0.05) is 17.2 Å². The number of benzene rings is 2. The van der Waals surface area contributed by atoms with Crippen LogP contribution in [0.5, 0.6) is 0 Å². The van der Waals surface area contributed by atoms with Crippen molar-refractivity contribution >= 4 is 16.0 Å². The molecule has 2 aromatic carbocycles. The molecule has 30 heavy (non-hydrogen) atoms. The summed E-state index contributed by atoms with van der Waals surface area (Å²) in [5.74, 6) is -0.990. The summed E-state index contributed by atoms with van der Waals surface area (Å²) in [6.45, 7) is 5.37. The maximum atomic E-state index is 12.5. The summed E-state index contributed by atoms with van der Waals surface area (Å²) in [7, 11) is -3.97. The molecule has 8 heteroatoms. The number of rotatable bonds is 8. The maximum absolute atomic E-state index is 12.5. The van der Waals surface area contributed by atoms with Crippen LogP contribution in [0.2, 0.25) is 0 Å². The molecule has 0 saturated heterocycles. The van der Waals surface area contributed by atoms with E-state index in [1.54, 1.807) is 32.0 Å². The highest BCUT2D eigenvalue weighted by atomic mass is 32.2. The van der Waals surface area contributed by atoms with Crippen LogP contribution in [0.25, 0.3) is 22.6 Å². The molecule has 0 fully saturated rings. The first-order valence-corrected chi connectivity index (χ1v) is 11.1. The molecule has 1 heterocycles. The summed E-state index contributed by atoms with van der Waals surface area (Å²) in [6.07, 6.45) is 0.955. The summed E-state index contributed by atoms with van der Waals surface area (Å²) in [5, 5.41) is 13.3. The van der Waals surface area contributed by atoms with Gasteiger partial charge >= 0.3 is 5.97 Å². The van der Waals surface area contributed by atoms with Crippen LogP contribution >= 0.6 is 0 Å². The number of carboxylic acid groups (broad SMARTS) is 1. The lowest BCUT2D eigenvalue weighted by Gasteiger charge is -2.18. The zero-order chi connectivity index (χ0) is 21.9. The van der Waals surface area contributed by atoms with Crippen LogP contribution in [0, 0.1) is 5.92 Å². The van der Waals surface area contributed by atoms with Gasteiger partial charge in [-0.25, -0.2) is 8.42 Å². The average molecular weight is 429 g/mol. The van der Waals surface area contributed by atoms with Crippen molar-refractivity contribution < 1.29 is 22.8 Å². The molecular weight excluding hydrogens is 404 g/mol. The van der Waals surface area contributed by atoms with Crippen molar-refractivity contribution in [3.63, 3.8) is 0 Å². The number of aryl methyl sites for hydroxylation is 1. The number of nitrogens with one attached hydrogen (secondary N) is 1. The molecule has 1 unspecified atom stereocenters. The predicted molar refractivity (Wildman–Crippen MR) is 113 cm³/mol. The quantitative estimate of drug-likeness (QED) is 0.562. The lowest BCUT2D eigenvalue weighted by atomic mass is 10.1. The van der Waals surface area contributed by atoms with E-state index in [1.165, 1.54) is 17.7 Å². The molecule has 0 aliphatic heterocycles. The van der Waals surface area contributed by atoms with E-state index in [2.05, 4.69) is 16.8 Å². The Bertz CT molecular complexity index is 1120. The SMILES string of the molecule is CCc1ccc(-c2cc(-c3ccc(S(=O)(=O)NC(C(=O)O)C(C)C)cc3)no2)cc1. The summed E-state index contributed by atoms with van der Waals surface area (Å²) in [6, 6.07) is 14.7. The summed E-state index contributed by atoms with van der Waals surface area (Å²) in [5.41, 5.74) is 3.40. The zero-order valence-corrected chi connectivity index (χ0v) is 17.8. The number of aromatic nitrogens is 1. The largest absolute Gasteiger partial charge is 0.480 e. The third-order valence-corrected chi connectivity index (χ3v) is 6.29. The van der Waals surface area contributed by atoms with E-state index in [9.17, 15) is 18.3 Å². The molecular formula is C22H24N2O5S. The van der Waals surface area contributed by atoms with Crippen LogP contribution in [0.3, 0.4) is 0 Å². The third-order valence-electron chi connectivity index (χ3n) is 4.83. The number of carboxylic acids is 1. The fraction of sp³-hybridized carbons (Fsp3) is 0.273. The minimum atomic E-state index is -3.97. The highest BCUT2D eigenvalue weighted by Gasteiger charge is 2.28. The fourth-order valence-electron chi connectivity index (χ4n) is 2.96. The average Bonchev–Trinajstić information content (AvgIpc) is 3.22. The van der Waals surface area contributed by atoms with Gasteiger partial charge < -0.3 is 9.63 Å². The van der Waals surface area contributed by atoms with Gasteiger partial charge in [0.2, 0.25) is 10.0 Å². The summed E-state index contributed by atoms with van der Waals surface area (Å²) >= 11 is 0. The smallest absolute Gasteiger partial charge is 0.322 e. The van der Waals surface area contributed by atoms with E-state index in [1.807, 2.05) is 24.3 Å². The molecule has 0 aliphatic rings. The molecule has 158 valence electrons. The normalized spacial score (nSPS) is 12.8. The van der Waals surface area contributed by atoms with Crippen LogP contribution in [0.1, 0.15) is 26.3 Å². The van der Waals surface area contributed by atoms with E-state index in [4.69, 9.17) is 4.52 Å². The first-order chi connectivity index (χ1) is 14.2. The van der Waals surface area contributed by atoms with Gasteiger partial charge in [0.05, 0.1) is 4.90 Å². The van der Waals surface area contributed by atoms with Gasteiger partial charge in [-0.15, -0.1) is 0 Å². The van der Waals surface area contributed by atoms with Gasteiger partial charge in [0.15, 0.2) is 5.76 Å². The number of hydrogen-bond donors (Lipinski definition) is 2. The molecule has 0 aliphatic carbocycles. The highest BCUT2D eigenvalue weighted by Crippen LogP contribution is 2.27. The Morgan fingerprint density at radius 3 is 2.20 bits per heavy atom. The Kier molecular flexibility index (Phi) is 6.38. The van der Waals surface area contributed by atoms with Crippen molar-refractivity contribution in [2.75, 3.05) is 0 Å². The van der Waals surface area contributed by atoms with Crippen molar-refractivity contribution in [1.29, 1.82) is 0 Å². The molecule has 7 nitrogen and oxygen atoms in total. The van der Waals surface area contributed by atoms with Crippen LogP contribution in [0.15, 0.2) is 64.0 Å². The fourth-order valence-corrected chi connectivity index (χ4v) is 4.30. The van der Waals surface area contributed by atoms with Gasteiger partial charge in [-0.05, 0) is 30.0 Å². The number of carbonyl (C=O) groups is 1. The molecule has 0 bridgehead atoms. The second-order valence-corrected chi connectivity index (χ2v) is 9.05. The Balaban J connectivity index is 1.80. The van der Waals surface area contributed by atoms with Crippen molar-refractivity contribution in [1.82, 2.24) is 9.88 Å². The number of aliphatic carboxylic acids is 1. The van der Waals surface area contributed by atoms with Crippen molar-refractivity contribution in [3.05, 3.63) is 60.2 Å². The van der Waals surface area contributed by atoms with E-state index >= 15 is 0 Å². The molecule has 2 N–H and O–H groups in total. The standard InChI is InChI=1S/C22H24N2O5S/c1-4-15-5-7-17(8-6-15)20-13-19(23-29-20)16-9-11-18(12-10-16)30(27,28)24-21(14(2)3)22(25)26/h5-14,21,24H,4H2,1-3H3,(H,25,26). The first-order valence-electron chi connectivity index (χ1n) is 9.63. The predicted octanol–water partition coefficient (Wildman–Crippen LogP) is 3.96. The van der Waals surface area contributed by atoms with Gasteiger partial charge in [0.25, 0.3) is 0 Å². The molecule has 0 spiro atoms. The Morgan fingerprint density at radius 1 is 1.07 bits per heavy atom. The Labute approximate surface area is 175 Å². The van der Waals surface area contributed by atoms with E-state index in [-0.39, 0.29) is 4.90 Å². The highest BCUT2D eigenvalue weighted by molar-refractivity contribution is 7.89. The monoisotopic (exact) mass is 428 g/mol.